The van der Waals surface area contributed by atoms with Gasteiger partial charge in [-0.3, -0.25) is 0 Å². The predicted octanol–water partition coefficient (Wildman–Crippen LogP) is 1.68. The van der Waals surface area contributed by atoms with Crippen molar-refractivity contribution in [1.82, 2.24) is 4.98 Å². The maximum absolute atomic E-state index is 13.7. The fourth-order valence-corrected chi connectivity index (χ4v) is 2.17. The zero-order chi connectivity index (χ0) is 13.3. The number of halogens is 2. The molecule has 1 aliphatic rings. The molecule has 3 N–H and O–H groups in total. The largest absolute Gasteiger partial charge is 0.390 e. The highest BCUT2D eigenvalue weighted by molar-refractivity contribution is 5.47. The summed E-state index contributed by atoms with van der Waals surface area (Å²) in [6.07, 6.45) is 1.90. The fourth-order valence-electron chi connectivity index (χ4n) is 2.17. The average Bonchev–Trinajstić information content (AvgIpc) is 2.45. The van der Waals surface area contributed by atoms with E-state index in [1.54, 1.807) is 11.8 Å². The molecule has 0 amide bonds. The highest BCUT2D eigenvalue weighted by Gasteiger charge is 2.27. The lowest BCUT2D eigenvalue weighted by molar-refractivity contribution is 0.0481. The van der Waals surface area contributed by atoms with Crippen molar-refractivity contribution < 1.29 is 13.9 Å². The zero-order valence-corrected chi connectivity index (χ0v) is 10.3. The SMILES string of the molecule is CC1(O)CCCN(c2nc(N)c(F)cc2F)CC1. The lowest BCUT2D eigenvalue weighted by atomic mass is 9.98. The molecule has 0 radical (unpaired) electrons. The van der Waals surface area contributed by atoms with Gasteiger partial charge in [-0.05, 0) is 26.2 Å². The van der Waals surface area contributed by atoms with Gasteiger partial charge < -0.3 is 15.7 Å². The van der Waals surface area contributed by atoms with E-state index in [0.29, 0.717) is 25.9 Å². The van der Waals surface area contributed by atoms with Crippen LogP contribution in [0.4, 0.5) is 20.4 Å². The van der Waals surface area contributed by atoms with Crippen LogP contribution in [0.1, 0.15) is 26.2 Å². The molecule has 4 nitrogen and oxygen atoms in total. The van der Waals surface area contributed by atoms with E-state index in [-0.39, 0.29) is 11.6 Å². The molecule has 2 heterocycles. The molecule has 0 saturated carbocycles. The van der Waals surface area contributed by atoms with Gasteiger partial charge in [0.2, 0.25) is 0 Å². The first-order chi connectivity index (χ1) is 8.39. The van der Waals surface area contributed by atoms with Crippen molar-refractivity contribution in [2.75, 3.05) is 23.7 Å². The van der Waals surface area contributed by atoms with Gasteiger partial charge >= 0.3 is 0 Å². The maximum atomic E-state index is 13.7. The van der Waals surface area contributed by atoms with Crippen molar-refractivity contribution in [3.8, 4) is 0 Å². The van der Waals surface area contributed by atoms with Crippen LogP contribution in [-0.2, 0) is 0 Å². The number of anilines is 2. The number of rotatable bonds is 1. The molecule has 1 atom stereocenters. The molecule has 0 aromatic carbocycles. The molecule has 1 aliphatic heterocycles. The van der Waals surface area contributed by atoms with Gasteiger partial charge in [-0.1, -0.05) is 0 Å². The van der Waals surface area contributed by atoms with E-state index < -0.39 is 17.2 Å². The molecule has 0 spiro atoms. The van der Waals surface area contributed by atoms with Gasteiger partial charge in [0.15, 0.2) is 23.3 Å². The number of nitrogens with two attached hydrogens (primary N) is 1. The Balaban J connectivity index is 2.24. The molecule has 1 saturated heterocycles. The number of pyridine rings is 1. The molecule has 0 aliphatic carbocycles. The minimum atomic E-state index is -0.849. The second kappa shape index (κ2) is 4.68. The summed E-state index contributed by atoms with van der Waals surface area (Å²) in [6.45, 7) is 2.81. The summed E-state index contributed by atoms with van der Waals surface area (Å²) in [7, 11) is 0. The lowest BCUT2D eigenvalue weighted by Gasteiger charge is -2.23. The van der Waals surface area contributed by atoms with Gasteiger partial charge in [-0.25, -0.2) is 13.8 Å². The van der Waals surface area contributed by atoms with E-state index in [1.807, 2.05) is 0 Å². The molecular formula is C12H17F2N3O. The first-order valence-corrected chi connectivity index (χ1v) is 5.98. The Kier molecular flexibility index (Phi) is 3.38. The van der Waals surface area contributed by atoms with Gasteiger partial charge in [0.25, 0.3) is 0 Å². The highest BCUT2D eigenvalue weighted by atomic mass is 19.1. The molecule has 6 heteroatoms. The summed E-state index contributed by atoms with van der Waals surface area (Å²) >= 11 is 0. The van der Waals surface area contributed by atoms with Crippen LogP contribution in [0.2, 0.25) is 0 Å². The Morgan fingerprint density at radius 1 is 1.33 bits per heavy atom. The molecule has 1 fully saturated rings. The van der Waals surface area contributed by atoms with E-state index in [9.17, 15) is 13.9 Å². The highest BCUT2D eigenvalue weighted by Crippen LogP contribution is 2.27. The Morgan fingerprint density at radius 2 is 2.06 bits per heavy atom. The summed E-state index contributed by atoms with van der Waals surface area (Å²) in [4.78, 5) is 5.46. The number of nitrogens with zero attached hydrogens (tertiary/aromatic N) is 2. The predicted molar refractivity (Wildman–Crippen MR) is 65.3 cm³/mol. The quantitative estimate of drug-likeness (QED) is 0.803. The summed E-state index contributed by atoms with van der Waals surface area (Å²) < 4.78 is 26.7. The van der Waals surface area contributed by atoms with E-state index in [1.165, 1.54) is 0 Å². The van der Waals surface area contributed by atoms with E-state index in [4.69, 9.17) is 5.73 Å². The molecule has 2 rings (SSSR count). The standard InChI is InChI=1S/C12H17F2N3O/c1-12(18)3-2-5-17(6-4-12)11-9(14)7-8(13)10(15)16-11/h7,18H,2-6H2,1H3,(H2,15,16). The minimum absolute atomic E-state index is 0.0617. The minimum Gasteiger partial charge on any atom is -0.390 e. The van der Waals surface area contributed by atoms with Crippen molar-refractivity contribution in [2.45, 2.75) is 31.8 Å². The molecule has 100 valence electrons. The zero-order valence-electron chi connectivity index (χ0n) is 10.3. The van der Waals surface area contributed by atoms with Gasteiger partial charge in [0.1, 0.15) is 0 Å². The normalized spacial score (nSPS) is 25.0. The molecule has 18 heavy (non-hydrogen) atoms. The van der Waals surface area contributed by atoms with Gasteiger partial charge in [0, 0.05) is 19.2 Å². The number of aliphatic hydroxyl groups is 1. The van der Waals surface area contributed by atoms with Crippen LogP contribution >= 0.6 is 0 Å². The van der Waals surface area contributed by atoms with Crippen molar-refractivity contribution in [2.24, 2.45) is 0 Å². The summed E-state index contributed by atoms with van der Waals surface area (Å²) in [5.41, 5.74) is 4.62. The van der Waals surface area contributed by atoms with Gasteiger partial charge in [-0.2, -0.15) is 0 Å². The Bertz CT molecular complexity index is 451. The van der Waals surface area contributed by atoms with E-state index >= 15 is 0 Å². The number of hydrogen-bond acceptors (Lipinski definition) is 4. The molecule has 0 bridgehead atoms. The second-order valence-electron chi connectivity index (χ2n) is 5.00. The van der Waals surface area contributed by atoms with Gasteiger partial charge in [-0.15, -0.1) is 0 Å². The first kappa shape index (κ1) is 13.0. The topological polar surface area (TPSA) is 62.4 Å². The third-order valence-corrected chi connectivity index (χ3v) is 3.30. The van der Waals surface area contributed by atoms with Gasteiger partial charge in [0.05, 0.1) is 5.60 Å². The summed E-state index contributed by atoms with van der Waals surface area (Å²) in [5, 5.41) is 9.96. The first-order valence-electron chi connectivity index (χ1n) is 5.98. The molecular weight excluding hydrogens is 240 g/mol. The van der Waals surface area contributed by atoms with Crippen LogP contribution < -0.4 is 10.6 Å². The van der Waals surface area contributed by atoms with Crippen molar-refractivity contribution in [3.63, 3.8) is 0 Å². The Labute approximate surface area is 104 Å². The average molecular weight is 257 g/mol. The molecule has 1 aromatic heterocycles. The third kappa shape index (κ3) is 2.69. The van der Waals surface area contributed by atoms with Crippen LogP contribution in [-0.4, -0.2) is 28.8 Å². The van der Waals surface area contributed by atoms with E-state index in [0.717, 1.165) is 12.5 Å². The van der Waals surface area contributed by atoms with Crippen LogP contribution in [0.15, 0.2) is 6.07 Å². The lowest BCUT2D eigenvalue weighted by Crippen LogP contribution is -2.29. The van der Waals surface area contributed by atoms with Crippen LogP contribution in [0.5, 0.6) is 0 Å². The summed E-state index contributed by atoms with van der Waals surface area (Å²) in [6, 6.07) is 0.751. The van der Waals surface area contributed by atoms with Crippen LogP contribution in [0.3, 0.4) is 0 Å². The summed E-state index contributed by atoms with van der Waals surface area (Å²) in [5.74, 6) is -1.81. The van der Waals surface area contributed by atoms with Crippen molar-refractivity contribution >= 4 is 11.6 Å². The second-order valence-corrected chi connectivity index (χ2v) is 5.00. The third-order valence-electron chi connectivity index (χ3n) is 3.30. The number of hydrogen-bond donors (Lipinski definition) is 2. The number of aromatic nitrogens is 1. The van der Waals surface area contributed by atoms with E-state index in [2.05, 4.69) is 4.98 Å². The maximum Gasteiger partial charge on any atom is 0.168 e. The van der Waals surface area contributed by atoms with Crippen LogP contribution in [0.25, 0.3) is 0 Å². The Hall–Kier alpha value is -1.43. The van der Waals surface area contributed by atoms with Crippen molar-refractivity contribution in [1.29, 1.82) is 0 Å². The molecule has 1 unspecified atom stereocenters. The smallest absolute Gasteiger partial charge is 0.168 e. The van der Waals surface area contributed by atoms with Crippen molar-refractivity contribution in [3.05, 3.63) is 17.7 Å². The number of nitrogen functional groups attached to an aromatic ring is 1. The Morgan fingerprint density at radius 3 is 2.78 bits per heavy atom. The fraction of sp³-hybridized carbons (Fsp3) is 0.583. The van der Waals surface area contributed by atoms with Crippen LogP contribution in [0, 0.1) is 11.6 Å². The molecule has 1 aromatic rings. The monoisotopic (exact) mass is 257 g/mol.